The van der Waals surface area contributed by atoms with Gasteiger partial charge >= 0.3 is 22.6 Å². The maximum atomic E-state index is 8.44. The Morgan fingerprint density at radius 3 is 2.05 bits per heavy atom. The second-order valence-corrected chi connectivity index (χ2v) is 3.96. The summed E-state index contributed by atoms with van der Waals surface area (Å²) in [7, 11) is 0. The summed E-state index contributed by atoms with van der Waals surface area (Å²) in [5.41, 5.74) is 5.30. The van der Waals surface area contributed by atoms with Crippen LogP contribution in [0.25, 0.3) is 5.32 Å². The number of likely N-dealkylation sites (N-methyl/N-ethyl adjacent to an activating group) is 1. The quantitative estimate of drug-likeness (QED) is 0.311. The molecule has 0 atom stereocenters. The van der Waals surface area contributed by atoms with Crippen LogP contribution < -0.4 is 5.73 Å². The topological polar surface area (TPSA) is 87.7 Å². The number of nitrogens with two attached hydrogens (primary N) is 1. The molecule has 19 heavy (non-hydrogen) atoms. The maximum Gasteiger partial charge on any atom is 3.00 e. The van der Waals surface area contributed by atoms with Gasteiger partial charge in [0.05, 0.1) is 6.92 Å². The molecule has 0 aliphatic carbocycles. The molecule has 114 valence electrons. The minimum absolute atomic E-state index is 0. The van der Waals surface area contributed by atoms with Gasteiger partial charge in [0.15, 0.2) is 0 Å². The van der Waals surface area contributed by atoms with E-state index in [2.05, 4.69) is 24.1 Å². The van der Waals surface area contributed by atoms with E-state index < -0.39 is 0 Å². The standard InChI is InChI=1S/C8H20N3.C5H8O2.Co/c1-3-11(4-2)8-7-10-6-5-9;1-4(6)3-5(2)7;/h3-9H2,1-2H3;3,6H,1-2H3;/q-1;;+3/p+2. The van der Waals surface area contributed by atoms with Gasteiger partial charge < -0.3 is 21.1 Å². The molecule has 5 N–H and O–H groups in total. The van der Waals surface area contributed by atoms with E-state index in [-0.39, 0.29) is 22.6 Å². The first-order valence-corrected chi connectivity index (χ1v) is 6.45. The van der Waals surface area contributed by atoms with Gasteiger partial charge in [-0.05, 0) is 26.2 Å². The minimum Gasteiger partial charge on any atom is -0.660 e. The Morgan fingerprint density at radius 1 is 1.26 bits per heavy atom. The normalized spacial score (nSPS) is 10.5. The fourth-order valence-electron chi connectivity index (χ4n) is 1.27. The average molecular weight is 319 g/mol. The molecule has 0 amide bonds. The maximum absolute atomic E-state index is 8.44. The number of ketones is 1. The van der Waals surface area contributed by atoms with Crippen molar-refractivity contribution in [2.45, 2.75) is 27.7 Å². The van der Waals surface area contributed by atoms with Crippen LogP contribution in [-0.4, -0.2) is 59.9 Å². The van der Waals surface area contributed by atoms with Gasteiger partial charge in [0, 0.05) is 6.92 Å². The van der Waals surface area contributed by atoms with Crippen molar-refractivity contribution in [3.8, 4) is 0 Å². The van der Waals surface area contributed by atoms with Gasteiger partial charge in [-0.3, -0.25) is 4.79 Å². The molecule has 0 saturated carbocycles. The number of hydrogen-bond donors (Lipinski definition) is 1. The number of rotatable bonds is 8. The molecular formula is C13H30CoN3O2+4. The van der Waals surface area contributed by atoms with E-state index >= 15 is 0 Å². The minimum atomic E-state index is 0. The second-order valence-electron chi connectivity index (χ2n) is 3.96. The van der Waals surface area contributed by atoms with Crippen LogP contribution in [0.4, 0.5) is 0 Å². The van der Waals surface area contributed by atoms with Crippen LogP contribution in [0.5, 0.6) is 0 Å². The molecule has 0 aromatic rings. The van der Waals surface area contributed by atoms with Crippen molar-refractivity contribution in [1.29, 1.82) is 0 Å². The molecule has 0 fully saturated rings. The zero-order valence-electron chi connectivity index (χ0n) is 12.6. The first-order valence-electron chi connectivity index (χ1n) is 6.45. The molecule has 0 aliphatic heterocycles. The first-order chi connectivity index (χ1) is 8.47. The third kappa shape index (κ3) is 23.2. The summed E-state index contributed by atoms with van der Waals surface area (Å²) in [5.74, 6) is 0.563. The average Bonchev–Trinajstić information content (AvgIpc) is 2.28. The molecule has 0 heterocycles. The van der Waals surface area contributed by atoms with Crippen molar-refractivity contribution in [1.82, 2.24) is 4.90 Å². The van der Waals surface area contributed by atoms with Crippen LogP contribution in [-0.2, 0) is 16.8 Å². The van der Waals surface area contributed by atoms with Gasteiger partial charge in [-0.2, -0.15) is 0 Å². The molecule has 0 bridgehead atoms. The molecule has 0 aromatic heterocycles. The Morgan fingerprint density at radius 2 is 1.79 bits per heavy atom. The summed E-state index contributed by atoms with van der Waals surface area (Å²) < 4.78 is 0. The number of hydrogen-bond acceptors (Lipinski definition) is 2. The Kier molecular flexibility index (Phi) is 21.9. The Balaban J connectivity index is -0.000000280. The van der Waals surface area contributed by atoms with E-state index in [0.717, 1.165) is 32.7 Å². The third-order valence-electron chi connectivity index (χ3n) is 2.18. The molecular weight excluding hydrogens is 289 g/mol. The van der Waals surface area contributed by atoms with Gasteiger partial charge in [-0.15, -0.1) is 13.1 Å². The molecule has 0 unspecified atom stereocenters. The second kappa shape index (κ2) is 17.6. The van der Waals surface area contributed by atoms with Gasteiger partial charge in [0.25, 0.3) is 0 Å². The van der Waals surface area contributed by atoms with Crippen molar-refractivity contribution >= 4 is 5.78 Å². The van der Waals surface area contributed by atoms with E-state index in [0.29, 0.717) is 12.3 Å². The van der Waals surface area contributed by atoms with Gasteiger partial charge in [0.1, 0.15) is 6.08 Å². The largest absolute Gasteiger partial charge is 3.00 e. The molecule has 6 heteroatoms. The Labute approximate surface area is 127 Å². The van der Waals surface area contributed by atoms with Crippen LogP contribution in [0.15, 0.2) is 11.8 Å². The predicted octanol–water partition coefficient (Wildman–Crippen LogP) is 0.838. The molecule has 0 aromatic carbocycles. The summed E-state index contributed by atoms with van der Waals surface area (Å²) in [6, 6.07) is 0. The molecule has 0 spiro atoms. The van der Waals surface area contributed by atoms with Crippen LogP contribution >= 0.6 is 0 Å². The van der Waals surface area contributed by atoms with E-state index in [4.69, 9.17) is 15.6 Å². The third-order valence-corrected chi connectivity index (χ3v) is 2.18. The van der Waals surface area contributed by atoms with Crippen molar-refractivity contribution in [2.24, 2.45) is 5.73 Å². The number of allylic oxidation sites excluding steroid dienone is 2. The molecule has 0 saturated heterocycles. The van der Waals surface area contributed by atoms with Gasteiger partial charge in [-0.25, -0.2) is 0 Å². The van der Waals surface area contributed by atoms with Crippen molar-refractivity contribution in [3.05, 3.63) is 17.2 Å². The summed E-state index contributed by atoms with van der Waals surface area (Å²) in [5, 5.41) is 11.0. The smallest absolute Gasteiger partial charge is 0.660 e. The summed E-state index contributed by atoms with van der Waals surface area (Å²) in [6.07, 6.45) is 1.39. The molecule has 5 nitrogen and oxygen atoms in total. The van der Waals surface area contributed by atoms with Gasteiger partial charge in [0.2, 0.25) is 5.76 Å². The molecule has 0 aliphatic rings. The predicted molar refractivity (Wildman–Crippen MR) is 79.9 cm³/mol. The number of nitrogens with zero attached hydrogens (tertiary/aromatic N) is 2. The van der Waals surface area contributed by atoms with Crippen molar-refractivity contribution in [2.75, 3.05) is 39.3 Å². The Bertz CT molecular complexity index is 228. The van der Waals surface area contributed by atoms with Crippen LogP contribution in [0, 0.1) is 0 Å². The van der Waals surface area contributed by atoms with Crippen LogP contribution in [0.2, 0.25) is 0 Å². The SMILES string of the molecule is CC(=[OH+])C=C(C)[OH2+].CCN(CC)CC[N-]CCN.[Co+3]. The summed E-state index contributed by atoms with van der Waals surface area (Å²) >= 11 is 0. The van der Waals surface area contributed by atoms with E-state index in [9.17, 15) is 0 Å². The fourth-order valence-corrected chi connectivity index (χ4v) is 1.27. The van der Waals surface area contributed by atoms with Crippen molar-refractivity contribution < 1.29 is 26.7 Å². The monoisotopic (exact) mass is 319 g/mol. The Hall–Kier alpha value is -0.404. The summed E-state index contributed by atoms with van der Waals surface area (Å²) in [4.78, 5) is 10.8. The molecule has 0 rings (SSSR count). The zero-order chi connectivity index (χ0) is 14.4. The molecule has 0 radical (unpaired) electrons. The van der Waals surface area contributed by atoms with E-state index in [1.165, 1.54) is 13.0 Å². The first kappa shape index (κ1) is 23.7. The zero-order valence-corrected chi connectivity index (χ0v) is 13.6. The van der Waals surface area contributed by atoms with E-state index in [1.54, 1.807) is 6.92 Å². The van der Waals surface area contributed by atoms with Crippen LogP contribution in [0.3, 0.4) is 0 Å². The van der Waals surface area contributed by atoms with Crippen molar-refractivity contribution in [3.63, 3.8) is 0 Å². The van der Waals surface area contributed by atoms with Gasteiger partial charge in [-0.1, -0.05) is 13.8 Å². The van der Waals surface area contributed by atoms with Crippen LogP contribution in [0.1, 0.15) is 27.7 Å². The fraction of sp³-hybridized carbons (Fsp3) is 0.769. The summed E-state index contributed by atoms with van der Waals surface area (Å²) in [6.45, 7) is 13.2. The number of carbonyl (C=O) groups excluding carboxylic acids is 1. The van der Waals surface area contributed by atoms with E-state index in [1.807, 2.05) is 0 Å².